The fourth-order valence-corrected chi connectivity index (χ4v) is 2.37. The summed E-state index contributed by atoms with van der Waals surface area (Å²) in [7, 11) is 0. The van der Waals surface area contributed by atoms with Crippen LogP contribution in [0.15, 0.2) is 24.4 Å². The van der Waals surface area contributed by atoms with E-state index in [0.29, 0.717) is 22.1 Å². The zero-order valence-corrected chi connectivity index (χ0v) is 12.9. The smallest absolute Gasteiger partial charge is 0.257 e. The fourth-order valence-electron chi connectivity index (χ4n) is 1.50. The minimum Gasteiger partial charge on any atom is -0.395 e. The largest absolute Gasteiger partial charge is 0.395 e. The second kappa shape index (κ2) is 7.23. The van der Waals surface area contributed by atoms with Crippen molar-refractivity contribution in [2.75, 3.05) is 11.9 Å². The van der Waals surface area contributed by atoms with E-state index in [9.17, 15) is 4.79 Å². The molecule has 0 fully saturated rings. The standard InChI is InChI=1S/C15H13ClN2O2S/c1-10-5-6-11(8-13(10)16)14(20)18-15-17-9-12(21-15)4-2-3-7-19/h5-6,8-9,19H,3,7H2,1H3,(H,17,18,20). The molecule has 21 heavy (non-hydrogen) atoms. The normalized spacial score (nSPS) is 9.86. The van der Waals surface area contributed by atoms with Gasteiger partial charge in [0.2, 0.25) is 0 Å². The van der Waals surface area contributed by atoms with Crippen molar-refractivity contribution in [3.8, 4) is 11.8 Å². The van der Waals surface area contributed by atoms with Crippen LogP contribution in [0.4, 0.5) is 5.13 Å². The number of anilines is 1. The molecule has 4 nitrogen and oxygen atoms in total. The van der Waals surface area contributed by atoms with Crippen molar-refractivity contribution >= 4 is 34.0 Å². The molecule has 0 radical (unpaired) electrons. The SMILES string of the molecule is Cc1ccc(C(=O)Nc2ncc(C#CCCO)s2)cc1Cl. The maximum atomic E-state index is 12.1. The molecule has 0 spiro atoms. The van der Waals surface area contributed by atoms with E-state index in [1.165, 1.54) is 11.3 Å². The van der Waals surface area contributed by atoms with Crippen LogP contribution in [0.3, 0.4) is 0 Å². The van der Waals surface area contributed by atoms with E-state index < -0.39 is 0 Å². The maximum absolute atomic E-state index is 12.1. The number of carbonyl (C=O) groups excluding carboxylic acids is 1. The average Bonchev–Trinajstić information content (AvgIpc) is 2.89. The van der Waals surface area contributed by atoms with E-state index in [0.717, 1.165) is 10.4 Å². The number of aryl methyl sites for hydroxylation is 1. The van der Waals surface area contributed by atoms with Gasteiger partial charge in [-0.05, 0) is 24.6 Å². The molecule has 2 aromatic rings. The van der Waals surface area contributed by atoms with Gasteiger partial charge in [0.05, 0.1) is 17.7 Å². The van der Waals surface area contributed by atoms with Crippen LogP contribution in [-0.4, -0.2) is 22.6 Å². The monoisotopic (exact) mass is 320 g/mol. The van der Waals surface area contributed by atoms with Gasteiger partial charge in [-0.3, -0.25) is 10.1 Å². The summed E-state index contributed by atoms with van der Waals surface area (Å²) in [5, 5.41) is 12.4. The summed E-state index contributed by atoms with van der Waals surface area (Å²) in [5.41, 5.74) is 1.40. The minimum absolute atomic E-state index is 0.0313. The molecular formula is C15H13ClN2O2S. The highest BCUT2D eigenvalue weighted by atomic mass is 35.5. The van der Waals surface area contributed by atoms with Crippen LogP contribution in [0, 0.1) is 18.8 Å². The Labute approximate surface area is 131 Å². The molecule has 0 atom stereocenters. The van der Waals surface area contributed by atoms with E-state index in [4.69, 9.17) is 16.7 Å². The molecule has 0 aliphatic carbocycles. The van der Waals surface area contributed by atoms with Gasteiger partial charge in [0.25, 0.3) is 5.91 Å². The summed E-state index contributed by atoms with van der Waals surface area (Å²) < 4.78 is 0. The molecule has 1 aromatic heterocycles. The summed E-state index contributed by atoms with van der Waals surface area (Å²) in [5.74, 6) is 5.41. The van der Waals surface area contributed by atoms with Crippen LogP contribution in [0.2, 0.25) is 5.02 Å². The fraction of sp³-hybridized carbons (Fsp3) is 0.200. The zero-order chi connectivity index (χ0) is 15.2. The second-order valence-corrected chi connectivity index (χ2v) is 5.66. The predicted molar refractivity (Wildman–Crippen MR) is 84.8 cm³/mol. The van der Waals surface area contributed by atoms with Crippen LogP contribution < -0.4 is 5.32 Å². The van der Waals surface area contributed by atoms with Gasteiger partial charge in [-0.2, -0.15) is 0 Å². The van der Waals surface area contributed by atoms with Crippen molar-refractivity contribution in [3.05, 3.63) is 45.4 Å². The number of thiazole rings is 1. The van der Waals surface area contributed by atoms with Crippen molar-refractivity contribution in [3.63, 3.8) is 0 Å². The number of aromatic nitrogens is 1. The van der Waals surface area contributed by atoms with E-state index in [2.05, 4.69) is 22.1 Å². The number of nitrogens with zero attached hydrogens (tertiary/aromatic N) is 1. The summed E-state index contributed by atoms with van der Waals surface area (Å²) >= 11 is 7.29. The first-order valence-electron chi connectivity index (χ1n) is 6.23. The number of hydrogen-bond acceptors (Lipinski definition) is 4. The number of benzene rings is 1. The lowest BCUT2D eigenvalue weighted by atomic mass is 10.1. The number of hydrogen-bond donors (Lipinski definition) is 2. The Hall–Kier alpha value is -1.87. The Morgan fingerprint density at radius 3 is 3.05 bits per heavy atom. The van der Waals surface area contributed by atoms with Gasteiger partial charge < -0.3 is 5.11 Å². The molecule has 0 unspecified atom stereocenters. The number of halogens is 1. The lowest BCUT2D eigenvalue weighted by molar-refractivity contribution is 0.102. The molecule has 108 valence electrons. The third-order valence-corrected chi connectivity index (χ3v) is 3.84. The first-order chi connectivity index (χ1) is 10.1. The molecule has 1 heterocycles. The summed E-state index contributed by atoms with van der Waals surface area (Å²) in [6.45, 7) is 1.91. The van der Waals surface area contributed by atoms with Crippen molar-refractivity contribution in [1.82, 2.24) is 4.98 Å². The van der Waals surface area contributed by atoms with Gasteiger partial charge >= 0.3 is 0 Å². The molecule has 1 aromatic carbocycles. The Bertz CT molecular complexity index is 716. The zero-order valence-electron chi connectivity index (χ0n) is 11.3. The van der Waals surface area contributed by atoms with Crippen LogP contribution in [0.5, 0.6) is 0 Å². The number of amides is 1. The summed E-state index contributed by atoms with van der Waals surface area (Å²) in [6, 6.07) is 5.14. The molecule has 6 heteroatoms. The Morgan fingerprint density at radius 1 is 1.52 bits per heavy atom. The summed E-state index contributed by atoms with van der Waals surface area (Å²) in [6.07, 6.45) is 2.01. The van der Waals surface area contributed by atoms with Crippen LogP contribution in [0.1, 0.15) is 27.2 Å². The van der Waals surface area contributed by atoms with E-state index in [1.54, 1.807) is 24.4 Å². The van der Waals surface area contributed by atoms with Crippen LogP contribution in [-0.2, 0) is 0 Å². The minimum atomic E-state index is -0.263. The van der Waals surface area contributed by atoms with Crippen molar-refractivity contribution in [2.24, 2.45) is 0 Å². The first-order valence-corrected chi connectivity index (χ1v) is 7.42. The summed E-state index contributed by atoms with van der Waals surface area (Å²) in [4.78, 5) is 16.9. The molecule has 0 bridgehead atoms. The number of nitrogens with one attached hydrogen (secondary N) is 1. The molecule has 0 saturated heterocycles. The van der Waals surface area contributed by atoms with Crippen molar-refractivity contribution in [1.29, 1.82) is 0 Å². The second-order valence-electron chi connectivity index (χ2n) is 4.22. The number of rotatable bonds is 3. The molecular weight excluding hydrogens is 308 g/mol. The lowest BCUT2D eigenvalue weighted by Crippen LogP contribution is -2.11. The number of carbonyl (C=O) groups is 1. The van der Waals surface area contributed by atoms with Gasteiger partial charge in [0.15, 0.2) is 5.13 Å². The topological polar surface area (TPSA) is 62.2 Å². The quantitative estimate of drug-likeness (QED) is 0.854. The van der Waals surface area contributed by atoms with Crippen LogP contribution in [0.25, 0.3) is 0 Å². The molecule has 2 N–H and O–H groups in total. The maximum Gasteiger partial charge on any atom is 0.257 e. The third-order valence-electron chi connectivity index (χ3n) is 2.61. The van der Waals surface area contributed by atoms with E-state index in [1.807, 2.05) is 6.92 Å². The predicted octanol–water partition coefficient (Wildman–Crippen LogP) is 3.09. The molecule has 0 saturated carbocycles. The van der Waals surface area contributed by atoms with Crippen molar-refractivity contribution < 1.29 is 9.90 Å². The molecule has 0 aliphatic rings. The van der Waals surface area contributed by atoms with Crippen LogP contribution >= 0.6 is 22.9 Å². The number of aliphatic hydroxyl groups excluding tert-OH is 1. The highest BCUT2D eigenvalue weighted by Gasteiger charge is 2.10. The van der Waals surface area contributed by atoms with Gasteiger partial charge in [-0.15, -0.1) is 0 Å². The molecule has 1 amide bonds. The Morgan fingerprint density at radius 2 is 2.33 bits per heavy atom. The third kappa shape index (κ3) is 4.30. The van der Waals surface area contributed by atoms with E-state index in [-0.39, 0.29) is 12.5 Å². The van der Waals surface area contributed by atoms with Gasteiger partial charge in [-0.25, -0.2) is 4.98 Å². The first kappa shape index (κ1) is 15.5. The average molecular weight is 321 g/mol. The Balaban J connectivity index is 2.06. The molecule has 2 rings (SSSR count). The van der Waals surface area contributed by atoms with Gasteiger partial charge in [-0.1, -0.05) is 40.8 Å². The highest BCUT2D eigenvalue weighted by Crippen LogP contribution is 2.20. The Kier molecular flexibility index (Phi) is 5.34. The molecule has 0 aliphatic heterocycles. The van der Waals surface area contributed by atoms with E-state index >= 15 is 0 Å². The number of aliphatic hydroxyl groups is 1. The van der Waals surface area contributed by atoms with Gasteiger partial charge in [0.1, 0.15) is 0 Å². The van der Waals surface area contributed by atoms with Gasteiger partial charge in [0, 0.05) is 17.0 Å². The lowest BCUT2D eigenvalue weighted by Gasteiger charge is -2.03. The van der Waals surface area contributed by atoms with Crippen molar-refractivity contribution in [2.45, 2.75) is 13.3 Å². The highest BCUT2D eigenvalue weighted by molar-refractivity contribution is 7.16.